The highest BCUT2D eigenvalue weighted by molar-refractivity contribution is 6.13. The van der Waals surface area contributed by atoms with Crippen LogP contribution in [0.1, 0.15) is 0 Å². The van der Waals surface area contributed by atoms with Gasteiger partial charge in [-0.25, -0.2) is 0 Å². The smallest absolute Gasteiger partial charge is 0.137 e. The van der Waals surface area contributed by atoms with Gasteiger partial charge in [0.15, 0.2) is 0 Å². The molecule has 0 aliphatic carbocycles. The zero-order valence-corrected chi connectivity index (χ0v) is 26.6. The van der Waals surface area contributed by atoms with Crippen molar-refractivity contribution >= 4 is 71.6 Å². The molecule has 230 valence electrons. The molecule has 3 heteroatoms. The molecule has 0 N–H and O–H groups in total. The van der Waals surface area contributed by atoms with E-state index >= 15 is 0 Å². The summed E-state index contributed by atoms with van der Waals surface area (Å²) in [5.74, 6) is 0. The molecule has 0 unspecified atom stereocenters. The number of para-hydroxylation sites is 3. The standard InChI is InChI=1S/C46H30N2O/c1-2-13-35(14-3-1)47(43-18-10-20-45-46(43)39-16-7-9-19-44(39)49-45)36-25-21-32(22-26-36)34-24-28-42-40(30-34)38-15-6-8-17-41(38)48(42)37-27-23-31-11-4-5-12-33(31)29-37/h1-30H. The SMILES string of the molecule is c1ccc(N(c2ccc(-c3ccc4c(c3)c3ccccc3n4-c3ccc4ccccc4c3)cc2)c2cccc3oc4ccccc4c23)cc1. The summed E-state index contributed by atoms with van der Waals surface area (Å²) in [6, 6.07) is 65.0. The summed E-state index contributed by atoms with van der Waals surface area (Å²) >= 11 is 0. The molecule has 0 atom stereocenters. The lowest BCUT2D eigenvalue weighted by Gasteiger charge is -2.26. The fraction of sp³-hybridized carbons (Fsp3) is 0. The topological polar surface area (TPSA) is 21.3 Å². The number of anilines is 3. The van der Waals surface area contributed by atoms with Crippen LogP contribution < -0.4 is 4.90 Å². The monoisotopic (exact) mass is 626 g/mol. The van der Waals surface area contributed by atoms with Crippen molar-refractivity contribution in [3.05, 3.63) is 182 Å². The van der Waals surface area contributed by atoms with Crippen LogP contribution >= 0.6 is 0 Å². The molecule has 0 radical (unpaired) electrons. The predicted molar refractivity (Wildman–Crippen MR) is 206 cm³/mol. The fourth-order valence-electron chi connectivity index (χ4n) is 7.50. The lowest BCUT2D eigenvalue weighted by Crippen LogP contribution is -2.10. The Morgan fingerprint density at radius 2 is 1.08 bits per heavy atom. The zero-order valence-electron chi connectivity index (χ0n) is 26.6. The van der Waals surface area contributed by atoms with Crippen molar-refractivity contribution in [1.82, 2.24) is 4.57 Å². The molecule has 0 aliphatic rings. The van der Waals surface area contributed by atoms with E-state index in [2.05, 4.69) is 179 Å². The van der Waals surface area contributed by atoms with Gasteiger partial charge < -0.3 is 13.9 Å². The van der Waals surface area contributed by atoms with Gasteiger partial charge in [-0.2, -0.15) is 0 Å². The number of nitrogens with zero attached hydrogens (tertiary/aromatic N) is 2. The number of furan rings is 1. The second-order valence-electron chi connectivity index (χ2n) is 12.6. The second kappa shape index (κ2) is 11.0. The van der Waals surface area contributed by atoms with Gasteiger partial charge in [0.25, 0.3) is 0 Å². The molecule has 0 aliphatic heterocycles. The van der Waals surface area contributed by atoms with Crippen LogP contribution in [0.2, 0.25) is 0 Å². The molecule has 10 rings (SSSR count). The first-order valence-corrected chi connectivity index (χ1v) is 16.7. The highest BCUT2D eigenvalue weighted by Gasteiger charge is 2.19. The molecule has 49 heavy (non-hydrogen) atoms. The number of aromatic nitrogens is 1. The average molecular weight is 627 g/mol. The van der Waals surface area contributed by atoms with Gasteiger partial charge in [0, 0.05) is 33.2 Å². The van der Waals surface area contributed by atoms with E-state index in [0.717, 1.165) is 39.0 Å². The third-order valence-corrected chi connectivity index (χ3v) is 9.76. The molecule has 0 fully saturated rings. The first-order valence-electron chi connectivity index (χ1n) is 16.7. The van der Waals surface area contributed by atoms with Gasteiger partial charge in [-0.15, -0.1) is 0 Å². The molecule has 0 saturated heterocycles. The van der Waals surface area contributed by atoms with Crippen LogP contribution in [-0.2, 0) is 0 Å². The largest absolute Gasteiger partial charge is 0.456 e. The van der Waals surface area contributed by atoms with Gasteiger partial charge in [-0.05, 0) is 94.7 Å². The Balaban J connectivity index is 1.09. The van der Waals surface area contributed by atoms with Crippen LogP contribution in [0.4, 0.5) is 17.1 Å². The molecule has 0 bridgehead atoms. The lowest BCUT2D eigenvalue weighted by atomic mass is 10.0. The Bertz CT molecular complexity index is 2830. The van der Waals surface area contributed by atoms with Crippen LogP contribution in [-0.4, -0.2) is 4.57 Å². The summed E-state index contributed by atoms with van der Waals surface area (Å²) in [4.78, 5) is 2.33. The maximum atomic E-state index is 6.28. The van der Waals surface area contributed by atoms with Gasteiger partial charge >= 0.3 is 0 Å². The number of hydrogen-bond donors (Lipinski definition) is 0. The summed E-state index contributed by atoms with van der Waals surface area (Å²) < 4.78 is 8.67. The van der Waals surface area contributed by atoms with E-state index in [-0.39, 0.29) is 0 Å². The number of rotatable bonds is 5. The number of hydrogen-bond acceptors (Lipinski definition) is 2. The van der Waals surface area contributed by atoms with Crippen molar-refractivity contribution in [1.29, 1.82) is 0 Å². The third kappa shape index (κ3) is 4.44. The van der Waals surface area contributed by atoms with Gasteiger partial charge in [0.2, 0.25) is 0 Å². The first kappa shape index (κ1) is 27.5. The van der Waals surface area contributed by atoms with Gasteiger partial charge in [0.1, 0.15) is 11.2 Å². The second-order valence-corrected chi connectivity index (χ2v) is 12.6. The molecular formula is C46H30N2O. The van der Waals surface area contributed by atoms with E-state index in [4.69, 9.17) is 4.42 Å². The Kier molecular flexibility index (Phi) is 6.18. The summed E-state index contributed by atoms with van der Waals surface area (Å²) in [6.45, 7) is 0. The average Bonchev–Trinajstić information content (AvgIpc) is 3.71. The van der Waals surface area contributed by atoms with Crippen molar-refractivity contribution in [2.75, 3.05) is 4.90 Å². The maximum absolute atomic E-state index is 6.28. The molecule has 10 aromatic rings. The van der Waals surface area contributed by atoms with Crippen LogP contribution in [0, 0.1) is 0 Å². The molecule has 0 saturated carbocycles. The summed E-state index contributed by atoms with van der Waals surface area (Å²) in [6.07, 6.45) is 0. The number of fused-ring (bicyclic) bond motifs is 7. The van der Waals surface area contributed by atoms with E-state index in [0.29, 0.717) is 0 Å². The minimum absolute atomic E-state index is 0.882. The zero-order chi connectivity index (χ0) is 32.3. The minimum atomic E-state index is 0.882. The summed E-state index contributed by atoms with van der Waals surface area (Å²) in [5, 5.41) is 7.21. The van der Waals surface area contributed by atoms with Crippen LogP contribution in [0.15, 0.2) is 186 Å². The van der Waals surface area contributed by atoms with Crippen molar-refractivity contribution in [3.8, 4) is 16.8 Å². The van der Waals surface area contributed by atoms with Crippen molar-refractivity contribution in [2.45, 2.75) is 0 Å². The highest BCUT2D eigenvalue weighted by Crippen LogP contribution is 2.43. The number of benzene rings is 8. The normalized spacial score (nSPS) is 11.7. The molecule has 8 aromatic carbocycles. The third-order valence-electron chi connectivity index (χ3n) is 9.76. The van der Waals surface area contributed by atoms with Crippen molar-refractivity contribution in [2.24, 2.45) is 0 Å². The fourth-order valence-corrected chi connectivity index (χ4v) is 7.50. The predicted octanol–water partition coefficient (Wildman–Crippen LogP) is 13.0. The van der Waals surface area contributed by atoms with Gasteiger partial charge in [-0.3, -0.25) is 0 Å². The molecule has 2 aromatic heterocycles. The molecule has 0 amide bonds. The van der Waals surface area contributed by atoms with E-state index in [1.807, 2.05) is 12.1 Å². The van der Waals surface area contributed by atoms with Crippen LogP contribution in [0.3, 0.4) is 0 Å². The van der Waals surface area contributed by atoms with Crippen LogP contribution in [0.25, 0.3) is 71.3 Å². The van der Waals surface area contributed by atoms with Crippen molar-refractivity contribution < 1.29 is 4.42 Å². The molecule has 3 nitrogen and oxygen atoms in total. The molecule has 2 heterocycles. The van der Waals surface area contributed by atoms with Gasteiger partial charge in [0.05, 0.1) is 22.1 Å². The summed E-state index contributed by atoms with van der Waals surface area (Å²) in [7, 11) is 0. The quantitative estimate of drug-likeness (QED) is 0.190. The van der Waals surface area contributed by atoms with E-state index in [9.17, 15) is 0 Å². The molecule has 0 spiro atoms. The van der Waals surface area contributed by atoms with Gasteiger partial charge in [-0.1, -0.05) is 109 Å². The summed E-state index contributed by atoms with van der Waals surface area (Å²) in [5.41, 5.74) is 11.0. The van der Waals surface area contributed by atoms with E-state index < -0.39 is 0 Å². The maximum Gasteiger partial charge on any atom is 0.137 e. The Morgan fingerprint density at radius 1 is 0.408 bits per heavy atom. The van der Waals surface area contributed by atoms with E-state index in [1.165, 1.54) is 49.4 Å². The van der Waals surface area contributed by atoms with Crippen LogP contribution in [0.5, 0.6) is 0 Å². The Labute approximate surface area is 283 Å². The van der Waals surface area contributed by atoms with E-state index in [1.54, 1.807) is 0 Å². The van der Waals surface area contributed by atoms with Crippen molar-refractivity contribution in [3.63, 3.8) is 0 Å². The highest BCUT2D eigenvalue weighted by atomic mass is 16.3. The molecular weight excluding hydrogens is 597 g/mol. The Morgan fingerprint density at radius 3 is 1.96 bits per heavy atom. The first-order chi connectivity index (χ1) is 24.3. The minimum Gasteiger partial charge on any atom is -0.456 e. The Hall–Kier alpha value is -6.58. The lowest BCUT2D eigenvalue weighted by molar-refractivity contribution is 0.669.